The first-order chi connectivity index (χ1) is 13.1. The van der Waals surface area contributed by atoms with Crippen molar-refractivity contribution in [3.8, 4) is 0 Å². The lowest BCUT2D eigenvalue weighted by Crippen LogP contribution is -2.19. The molecular weight excluding hydrogens is 326 g/mol. The van der Waals surface area contributed by atoms with Crippen molar-refractivity contribution in [1.82, 2.24) is 0 Å². The summed E-state index contributed by atoms with van der Waals surface area (Å²) in [5.41, 5.74) is 6.05. The summed E-state index contributed by atoms with van der Waals surface area (Å²) in [6.07, 6.45) is 24.3. The van der Waals surface area contributed by atoms with Gasteiger partial charge in [0.15, 0.2) is 0 Å². The minimum Gasteiger partial charge on any atom is -0.405 e. The van der Waals surface area contributed by atoms with Crippen LogP contribution in [0.3, 0.4) is 0 Å². The summed E-state index contributed by atoms with van der Waals surface area (Å²) in [5, 5.41) is 0. The Balaban J connectivity index is 0.000000555. The maximum absolute atomic E-state index is 4.61. The van der Waals surface area contributed by atoms with Crippen molar-refractivity contribution in [3.63, 3.8) is 0 Å². The standard InChI is InChI=1S/C17H32.C7H14.C2H5N/c1-4-10-16-12-8-9-14-17(16)13-7-6-11-15(3)5-2;1-7-5-3-2-4-6-7;1-2-3/h16-17H,3-14H2,1-2H3;7H,2-6H2,1H3;2H,1,3H2. The van der Waals surface area contributed by atoms with Gasteiger partial charge in [0.25, 0.3) is 0 Å². The average Bonchev–Trinajstić information content (AvgIpc) is 2.68. The van der Waals surface area contributed by atoms with Crippen LogP contribution in [0.1, 0.15) is 124 Å². The van der Waals surface area contributed by atoms with E-state index in [-0.39, 0.29) is 0 Å². The maximum Gasteiger partial charge on any atom is -0.0136 e. The molecule has 0 bridgehead atoms. The molecule has 1 heteroatoms. The first-order valence-corrected chi connectivity index (χ1v) is 12.1. The van der Waals surface area contributed by atoms with E-state index in [4.69, 9.17) is 0 Å². The zero-order chi connectivity index (χ0) is 20.3. The second-order valence-electron chi connectivity index (χ2n) is 8.92. The molecule has 2 aliphatic carbocycles. The monoisotopic (exact) mass is 377 g/mol. The molecule has 1 nitrogen and oxygen atoms in total. The third kappa shape index (κ3) is 14.9. The normalized spacial score (nSPS) is 22.6. The van der Waals surface area contributed by atoms with Gasteiger partial charge in [-0.05, 0) is 43.2 Å². The van der Waals surface area contributed by atoms with Crippen LogP contribution >= 0.6 is 0 Å². The van der Waals surface area contributed by atoms with Crippen molar-refractivity contribution in [2.75, 3.05) is 0 Å². The fourth-order valence-electron chi connectivity index (χ4n) is 4.68. The Morgan fingerprint density at radius 2 is 1.41 bits per heavy atom. The van der Waals surface area contributed by atoms with Crippen molar-refractivity contribution >= 4 is 0 Å². The lowest BCUT2D eigenvalue weighted by molar-refractivity contribution is 0.206. The molecule has 0 aliphatic heterocycles. The van der Waals surface area contributed by atoms with E-state index in [0.717, 1.165) is 17.8 Å². The van der Waals surface area contributed by atoms with Gasteiger partial charge in [-0.3, -0.25) is 0 Å². The molecule has 2 N–H and O–H groups in total. The van der Waals surface area contributed by atoms with E-state index in [1.165, 1.54) is 115 Å². The molecule has 2 unspecified atom stereocenters. The molecule has 2 atom stereocenters. The number of hydrogen-bond donors (Lipinski definition) is 1. The van der Waals surface area contributed by atoms with E-state index >= 15 is 0 Å². The number of nitrogens with two attached hydrogens (primary N) is 1. The Morgan fingerprint density at radius 3 is 1.85 bits per heavy atom. The predicted molar refractivity (Wildman–Crippen MR) is 125 cm³/mol. The van der Waals surface area contributed by atoms with Crippen LogP contribution in [0.15, 0.2) is 24.9 Å². The van der Waals surface area contributed by atoms with E-state index in [1.807, 2.05) is 0 Å². The maximum atomic E-state index is 4.61. The highest BCUT2D eigenvalue weighted by Crippen LogP contribution is 2.36. The Kier molecular flexibility index (Phi) is 18.1. The van der Waals surface area contributed by atoms with Gasteiger partial charge in [0, 0.05) is 0 Å². The largest absolute Gasteiger partial charge is 0.405 e. The minimum absolute atomic E-state index is 1.04. The second-order valence-corrected chi connectivity index (χ2v) is 8.92. The van der Waals surface area contributed by atoms with Crippen LogP contribution in [-0.2, 0) is 0 Å². The molecule has 2 saturated carbocycles. The summed E-state index contributed by atoms with van der Waals surface area (Å²) in [5.74, 6) is 3.15. The lowest BCUT2D eigenvalue weighted by Gasteiger charge is -2.31. The van der Waals surface area contributed by atoms with E-state index in [9.17, 15) is 0 Å². The molecule has 2 rings (SSSR count). The Hall–Kier alpha value is -0.720. The van der Waals surface area contributed by atoms with Crippen LogP contribution in [0.2, 0.25) is 0 Å². The fraction of sp³-hybridized carbons (Fsp3) is 0.846. The summed E-state index contributed by atoms with van der Waals surface area (Å²) >= 11 is 0. The quantitative estimate of drug-likeness (QED) is 0.332. The van der Waals surface area contributed by atoms with Gasteiger partial charge >= 0.3 is 0 Å². The highest BCUT2D eigenvalue weighted by Gasteiger charge is 2.23. The van der Waals surface area contributed by atoms with Crippen molar-refractivity contribution in [1.29, 1.82) is 0 Å². The molecular formula is C26H51N. The van der Waals surface area contributed by atoms with E-state index in [2.05, 4.69) is 39.7 Å². The molecule has 160 valence electrons. The second kappa shape index (κ2) is 18.6. The Bertz CT molecular complexity index is 338. The summed E-state index contributed by atoms with van der Waals surface area (Å²) in [6, 6.07) is 0. The van der Waals surface area contributed by atoms with Gasteiger partial charge < -0.3 is 5.73 Å². The van der Waals surface area contributed by atoms with Gasteiger partial charge in [0.2, 0.25) is 0 Å². The van der Waals surface area contributed by atoms with Crippen molar-refractivity contribution in [2.45, 2.75) is 124 Å². The summed E-state index contributed by atoms with van der Waals surface area (Å²) in [7, 11) is 0. The van der Waals surface area contributed by atoms with Crippen molar-refractivity contribution in [3.05, 3.63) is 24.9 Å². The Labute approximate surface area is 172 Å². The number of hydrogen-bond acceptors (Lipinski definition) is 1. The molecule has 0 spiro atoms. The zero-order valence-corrected chi connectivity index (χ0v) is 19.1. The molecule has 0 aromatic rings. The number of unbranched alkanes of at least 4 members (excludes halogenated alkanes) is 1. The van der Waals surface area contributed by atoms with Gasteiger partial charge in [-0.15, -0.1) is 0 Å². The summed E-state index contributed by atoms with van der Waals surface area (Å²) in [6.45, 7) is 14.2. The third-order valence-corrected chi connectivity index (χ3v) is 6.48. The van der Waals surface area contributed by atoms with E-state index < -0.39 is 0 Å². The van der Waals surface area contributed by atoms with Gasteiger partial charge in [-0.1, -0.05) is 123 Å². The summed E-state index contributed by atoms with van der Waals surface area (Å²) in [4.78, 5) is 0. The molecule has 0 radical (unpaired) electrons. The van der Waals surface area contributed by atoms with Crippen molar-refractivity contribution < 1.29 is 0 Å². The molecule has 0 aromatic carbocycles. The van der Waals surface area contributed by atoms with Crippen molar-refractivity contribution in [2.24, 2.45) is 23.5 Å². The fourth-order valence-corrected chi connectivity index (χ4v) is 4.68. The smallest absolute Gasteiger partial charge is 0.0136 e. The SMILES string of the molecule is C=C(CC)CCCCC1CCCCC1CCC.C=CN.CC1CCCCC1. The van der Waals surface area contributed by atoms with Crippen LogP contribution < -0.4 is 5.73 Å². The van der Waals surface area contributed by atoms with E-state index in [1.54, 1.807) is 0 Å². The summed E-state index contributed by atoms with van der Waals surface area (Å²) < 4.78 is 0. The van der Waals surface area contributed by atoms with Gasteiger partial charge in [0.05, 0.1) is 0 Å². The zero-order valence-electron chi connectivity index (χ0n) is 19.1. The number of rotatable bonds is 8. The van der Waals surface area contributed by atoms with Crippen LogP contribution in [-0.4, -0.2) is 0 Å². The lowest BCUT2D eigenvalue weighted by atomic mass is 9.74. The molecule has 2 aliphatic rings. The molecule has 2 fully saturated rings. The number of allylic oxidation sites excluding steroid dienone is 1. The Morgan fingerprint density at radius 1 is 0.889 bits per heavy atom. The van der Waals surface area contributed by atoms with Crippen LogP contribution in [0.4, 0.5) is 0 Å². The first kappa shape index (κ1) is 26.3. The van der Waals surface area contributed by atoms with E-state index in [0.29, 0.717) is 0 Å². The van der Waals surface area contributed by atoms with Gasteiger partial charge in [-0.2, -0.15) is 0 Å². The van der Waals surface area contributed by atoms with Crippen LogP contribution in [0, 0.1) is 17.8 Å². The van der Waals surface area contributed by atoms with Gasteiger partial charge in [0.1, 0.15) is 0 Å². The average molecular weight is 378 g/mol. The molecule has 27 heavy (non-hydrogen) atoms. The highest BCUT2D eigenvalue weighted by molar-refractivity contribution is 4.91. The van der Waals surface area contributed by atoms with Gasteiger partial charge in [-0.25, -0.2) is 0 Å². The van der Waals surface area contributed by atoms with Crippen LogP contribution in [0.25, 0.3) is 0 Å². The highest BCUT2D eigenvalue weighted by atomic mass is 14.5. The topological polar surface area (TPSA) is 26.0 Å². The first-order valence-electron chi connectivity index (χ1n) is 12.1. The molecule has 0 saturated heterocycles. The van der Waals surface area contributed by atoms with Crippen LogP contribution in [0.5, 0.6) is 0 Å². The minimum atomic E-state index is 1.04. The molecule has 0 heterocycles. The molecule has 0 aromatic heterocycles. The predicted octanol–water partition coefficient (Wildman–Crippen LogP) is 8.79. The third-order valence-electron chi connectivity index (χ3n) is 6.48. The molecule has 0 amide bonds.